The summed E-state index contributed by atoms with van der Waals surface area (Å²) >= 11 is 0. The molecular formula is C29H29NO6S. The van der Waals surface area contributed by atoms with Gasteiger partial charge in [0.1, 0.15) is 11.4 Å². The molecule has 0 saturated carbocycles. The van der Waals surface area contributed by atoms with Crippen molar-refractivity contribution < 1.29 is 27.5 Å². The van der Waals surface area contributed by atoms with Gasteiger partial charge in [-0.2, -0.15) is 0 Å². The van der Waals surface area contributed by atoms with Crippen molar-refractivity contribution >= 4 is 21.7 Å². The zero-order valence-electron chi connectivity index (χ0n) is 20.7. The van der Waals surface area contributed by atoms with Crippen molar-refractivity contribution in [3.8, 4) is 0 Å². The Balaban J connectivity index is 1.37. The molecule has 2 fully saturated rings. The zero-order chi connectivity index (χ0) is 26.2. The standard InChI is InChI=1S/C29H29NO6S/c1-29(2)25(28(32)36-24(21-14-8-4-9-15-21)22-16-10-5-11-17-22)30-26(31)23(27(30)37(29,33)34)19-35-18-20-12-6-3-7-13-20/h3-17,23-25,27H,18-19H2,1-2H3/t23-,25-,27-/m1/s1. The lowest BCUT2D eigenvalue weighted by Gasteiger charge is -2.43. The van der Waals surface area contributed by atoms with Crippen LogP contribution in [0.4, 0.5) is 0 Å². The first-order valence-corrected chi connectivity index (χ1v) is 13.8. The lowest BCUT2D eigenvalue weighted by molar-refractivity contribution is -0.171. The number of fused-ring (bicyclic) bond motifs is 1. The average Bonchev–Trinajstić information content (AvgIpc) is 3.05. The van der Waals surface area contributed by atoms with Crippen LogP contribution in [-0.4, -0.2) is 48.0 Å². The monoisotopic (exact) mass is 519 g/mol. The van der Waals surface area contributed by atoms with E-state index in [4.69, 9.17) is 9.47 Å². The first kappa shape index (κ1) is 25.2. The summed E-state index contributed by atoms with van der Waals surface area (Å²) in [6, 6.07) is 26.7. The minimum Gasteiger partial charge on any atom is -0.451 e. The fraction of sp³-hybridized carbons (Fsp3) is 0.310. The molecule has 3 aromatic carbocycles. The molecule has 7 nitrogen and oxygen atoms in total. The molecule has 3 aromatic rings. The van der Waals surface area contributed by atoms with Crippen molar-refractivity contribution in [2.24, 2.45) is 5.92 Å². The highest BCUT2D eigenvalue weighted by Gasteiger charge is 2.72. The smallest absolute Gasteiger partial charge is 0.331 e. The number of ether oxygens (including phenoxy) is 2. The van der Waals surface area contributed by atoms with Crippen LogP contribution in [0.1, 0.15) is 36.6 Å². The summed E-state index contributed by atoms with van der Waals surface area (Å²) in [5.74, 6) is -2.01. The van der Waals surface area contributed by atoms with E-state index in [1.807, 2.05) is 91.0 Å². The second-order valence-electron chi connectivity index (χ2n) is 9.93. The van der Waals surface area contributed by atoms with Gasteiger partial charge in [0.25, 0.3) is 0 Å². The Bertz CT molecular complexity index is 1340. The molecule has 0 unspecified atom stereocenters. The summed E-state index contributed by atoms with van der Waals surface area (Å²) in [6.07, 6.45) is -0.742. The molecule has 37 heavy (non-hydrogen) atoms. The van der Waals surface area contributed by atoms with Crippen molar-refractivity contribution in [2.45, 2.75) is 42.7 Å². The number of carbonyl (C=O) groups is 2. The molecule has 0 aromatic heterocycles. The summed E-state index contributed by atoms with van der Waals surface area (Å²) in [5, 5.41) is -1.12. The fourth-order valence-electron chi connectivity index (χ4n) is 5.19. The highest BCUT2D eigenvalue weighted by atomic mass is 32.2. The van der Waals surface area contributed by atoms with Gasteiger partial charge in [-0.1, -0.05) is 91.0 Å². The topological polar surface area (TPSA) is 90.0 Å². The van der Waals surface area contributed by atoms with Crippen LogP contribution in [0, 0.1) is 5.92 Å². The van der Waals surface area contributed by atoms with Crippen molar-refractivity contribution in [1.82, 2.24) is 4.90 Å². The minimum absolute atomic E-state index is 0.0391. The van der Waals surface area contributed by atoms with Crippen LogP contribution in [0.3, 0.4) is 0 Å². The molecule has 0 radical (unpaired) electrons. The van der Waals surface area contributed by atoms with Crippen LogP contribution in [0.25, 0.3) is 0 Å². The number of sulfone groups is 1. The number of β-lactam (4-membered cyclic amide) rings is 1. The number of benzene rings is 3. The Morgan fingerprint density at radius 3 is 1.95 bits per heavy atom. The van der Waals surface area contributed by atoms with Crippen LogP contribution in [0.2, 0.25) is 0 Å². The predicted molar refractivity (Wildman–Crippen MR) is 138 cm³/mol. The molecule has 2 saturated heterocycles. The van der Waals surface area contributed by atoms with Gasteiger partial charge in [-0.3, -0.25) is 4.79 Å². The van der Waals surface area contributed by atoms with Crippen LogP contribution in [0.5, 0.6) is 0 Å². The van der Waals surface area contributed by atoms with E-state index >= 15 is 0 Å². The van der Waals surface area contributed by atoms with Gasteiger partial charge in [-0.25, -0.2) is 13.2 Å². The molecule has 2 aliphatic rings. The van der Waals surface area contributed by atoms with E-state index in [-0.39, 0.29) is 13.2 Å². The van der Waals surface area contributed by atoms with Crippen molar-refractivity contribution in [2.75, 3.05) is 6.61 Å². The van der Waals surface area contributed by atoms with E-state index in [2.05, 4.69) is 0 Å². The van der Waals surface area contributed by atoms with Crippen molar-refractivity contribution in [3.63, 3.8) is 0 Å². The molecule has 8 heteroatoms. The number of hydrogen-bond acceptors (Lipinski definition) is 6. The maximum absolute atomic E-state index is 13.6. The zero-order valence-corrected chi connectivity index (χ0v) is 21.5. The Morgan fingerprint density at radius 2 is 1.41 bits per heavy atom. The van der Waals surface area contributed by atoms with Gasteiger partial charge in [-0.05, 0) is 30.5 Å². The summed E-state index contributed by atoms with van der Waals surface area (Å²) in [6.45, 7) is 3.20. The summed E-state index contributed by atoms with van der Waals surface area (Å²) in [7, 11) is -3.88. The van der Waals surface area contributed by atoms with Crippen molar-refractivity contribution in [1.29, 1.82) is 0 Å². The van der Waals surface area contributed by atoms with E-state index in [1.54, 1.807) is 0 Å². The first-order chi connectivity index (χ1) is 17.7. The number of carbonyl (C=O) groups excluding carboxylic acids is 2. The van der Waals surface area contributed by atoms with Gasteiger partial charge in [0.05, 0.1) is 23.9 Å². The van der Waals surface area contributed by atoms with E-state index < -0.39 is 49.9 Å². The van der Waals surface area contributed by atoms with Gasteiger partial charge in [0, 0.05) is 0 Å². The van der Waals surface area contributed by atoms with Gasteiger partial charge in [-0.15, -0.1) is 0 Å². The highest BCUT2D eigenvalue weighted by Crippen LogP contribution is 2.49. The van der Waals surface area contributed by atoms with Crippen molar-refractivity contribution in [3.05, 3.63) is 108 Å². The first-order valence-electron chi connectivity index (χ1n) is 12.2. The third-order valence-electron chi connectivity index (χ3n) is 7.25. The van der Waals surface area contributed by atoms with Crippen LogP contribution in [0.15, 0.2) is 91.0 Å². The van der Waals surface area contributed by atoms with Gasteiger partial charge < -0.3 is 14.4 Å². The third kappa shape index (κ3) is 4.34. The molecule has 5 rings (SSSR count). The molecule has 2 aliphatic heterocycles. The lowest BCUT2D eigenvalue weighted by Crippen LogP contribution is -2.64. The molecule has 0 bridgehead atoms. The van der Waals surface area contributed by atoms with Gasteiger partial charge in [0.15, 0.2) is 15.9 Å². The number of esters is 1. The summed E-state index contributed by atoms with van der Waals surface area (Å²) < 4.78 is 37.3. The molecule has 1 amide bonds. The van der Waals surface area contributed by atoms with Gasteiger partial charge >= 0.3 is 5.97 Å². The number of hydrogen-bond donors (Lipinski definition) is 0. The largest absolute Gasteiger partial charge is 0.451 e. The molecule has 3 atom stereocenters. The maximum Gasteiger partial charge on any atom is 0.331 e. The molecule has 192 valence electrons. The molecule has 0 spiro atoms. The van der Waals surface area contributed by atoms with E-state index in [9.17, 15) is 18.0 Å². The Morgan fingerprint density at radius 1 is 0.892 bits per heavy atom. The highest BCUT2D eigenvalue weighted by molar-refractivity contribution is 7.93. The quantitative estimate of drug-likeness (QED) is 0.331. The molecule has 2 heterocycles. The fourth-order valence-corrected chi connectivity index (χ4v) is 7.48. The summed E-state index contributed by atoms with van der Waals surface area (Å²) in [5.41, 5.74) is 2.42. The predicted octanol–water partition coefficient (Wildman–Crippen LogP) is 3.90. The number of rotatable bonds is 8. The van der Waals surface area contributed by atoms with E-state index in [0.717, 1.165) is 16.7 Å². The minimum atomic E-state index is -3.88. The Hall–Kier alpha value is -3.49. The maximum atomic E-state index is 13.6. The Kier molecular flexibility index (Phi) is 6.64. The van der Waals surface area contributed by atoms with Crippen LogP contribution >= 0.6 is 0 Å². The van der Waals surface area contributed by atoms with E-state index in [0.29, 0.717) is 0 Å². The SMILES string of the molecule is CC1(C)[C@@H](C(=O)OC(c2ccccc2)c2ccccc2)N2C(=O)[C@@H](COCc3ccccc3)[C@H]2S1(=O)=O. The second-order valence-corrected chi connectivity index (χ2v) is 12.6. The molecule has 0 N–H and O–H groups in total. The normalized spacial score (nSPS) is 23.4. The van der Waals surface area contributed by atoms with Crippen LogP contribution in [-0.2, 0) is 35.5 Å². The number of nitrogens with zero attached hydrogens (tertiary/aromatic N) is 1. The third-order valence-corrected chi connectivity index (χ3v) is 10.1. The average molecular weight is 520 g/mol. The van der Waals surface area contributed by atoms with Crippen LogP contribution < -0.4 is 0 Å². The summed E-state index contributed by atoms with van der Waals surface area (Å²) in [4.78, 5) is 28.0. The Labute approximate surface area is 216 Å². The molecule has 0 aliphatic carbocycles. The van der Waals surface area contributed by atoms with E-state index in [1.165, 1.54) is 18.7 Å². The number of amides is 1. The van der Waals surface area contributed by atoms with Gasteiger partial charge in [0.2, 0.25) is 5.91 Å². The second kappa shape index (κ2) is 9.76. The lowest BCUT2D eigenvalue weighted by atomic mass is 9.92. The molecular weight excluding hydrogens is 490 g/mol.